The lowest BCUT2D eigenvalue weighted by atomic mass is 10.1. The van der Waals surface area contributed by atoms with Crippen LogP contribution in [0.3, 0.4) is 0 Å². The van der Waals surface area contributed by atoms with Gasteiger partial charge in [0, 0.05) is 19.7 Å². The molecule has 0 amide bonds. The van der Waals surface area contributed by atoms with E-state index in [1.165, 1.54) is 0 Å². The molecular weight excluding hydrogens is 261 g/mol. The molecule has 20 heavy (non-hydrogen) atoms. The summed E-state index contributed by atoms with van der Waals surface area (Å²) in [7, 11) is 3.27. The van der Waals surface area contributed by atoms with Crippen LogP contribution < -0.4 is 10.1 Å². The molecule has 1 aromatic heterocycles. The molecule has 2 rings (SSSR count). The smallest absolute Gasteiger partial charge is 0.223 e. The zero-order valence-electron chi connectivity index (χ0n) is 11.4. The number of rotatable bonds is 6. The minimum absolute atomic E-state index is 0.206. The highest BCUT2D eigenvalue weighted by Crippen LogP contribution is 2.30. The molecule has 1 N–H and O–H groups in total. The van der Waals surface area contributed by atoms with Crippen molar-refractivity contribution in [2.24, 2.45) is 0 Å². The van der Waals surface area contributed by atoms with Crippen molar-refractivity contribution in [3.05, 3.63) is 36.3 Å². The second kappa shape index (κ2) is 6.81. The largest absolute Gasteiger partial charge is 0.490 e. The van der Waals surface area contributed by atoms with Gasteiger partial charge in [0.25, 0.3) is 0 Å². The Morgan fingerprint density at radius 2 is 2.05 bits per heavy atom. The van der Waals surface area contributed by atoms with Crippen LogP contribution in [0.15, 0.2) is 30.5 Å². The summed E-state index contributed by atoms with van der Waals surface area (Å²) < 4.78 is 24.4. The molecule has 2 aromatic rings. The fourth-order valence-corrected chi connectivity index (χ4v) is 1.70. The van der Waals surface area contributed by atoms with Gasteiger partial charge in [-0.2, -0.15) is 0 Å². The van der Waals surface area contributed by atoms with Crippen LogP contribution in [0.25, 0.3) is 11.3 Å². The Labute approximate surface area is 116 Å². The number of hydrogen-bond donors (Lipinski definition) is 1. The minimum atomic E-state index is -0.494. The van der Waals surface area contributed by atoms with Gasteiger partial charge < -0.3 is 14.8 Å². The number of nitrogens with one attached hydrogen (secondary N) is 1. The third kappa shape index (κ3) is 3.21. The molecule has 0 aliphatic heterocycles. The van der Waals surface area contributed by atoms with Crippen LogP contribution in [0.5, 0.6) is 5.75 Å². The number of methoxy groups -OCH3 is 1. The molecule has 0 bridgehead atoms. The van der Waals surface area contributed by atoms with Gasteiger partial charge in [-0.05, 0) is 12.1 Å². The predicted octanol–water partition coefficient (Wildman–Crippen LogP) is 2.35. The molecule has 0 spiro atoms. The number of halogens is 1. The Kier molecular flexibility index (Phi) is 4.84. The normalized spacial score (nSPS) is 10.3. The molecular formula is C14H16FN3O2. The van der Waals surface area contributed by atoms with Crippen LogP contribution in [0, 0.1) is 5.82 Å². The number of para-hydroxylation sites is 1. The van der Waals surface area contributed by atoms with Crippen molar-refractivity contribution < 1.29 is 13.9 Å². The van der Waals surface area contributed by atoms with Crippen molar-refractivity contribution in [1.82, 2.24) is 9.97 Å². The van der Waals surface area contributed by atoms with Gasteiger partial charge in [-0.1, -0.05) is 12.1 Å². The van der Waals surface area contributed by atoms with Crippen molar-refractivity contribution in [3.63, 3.8) is 0 Å². The lowest BCUT2D eigenvalue weighted by molar-refractivity contribution is 0.146. The maximum absolute atomic E-state index is 13.9. The highest BCUT2D eigenvalue weighted by Gasteiger charge is 2.13. The Balaban J connectivity index is 2.36. The highest BCUT2D eigenvalue weighted by atomic mass is 19.1. The van der Waals surface area contributed by atoms with Crippen LogP contribution >= 0.6 is 0 Å². The Morgan fingerprint density at radius 3 is 2.80 bits per heavy atom. The fraction of sp³-hybridized carbons (Fsp3) is 0.286. The first-order chi connectivity index (χ1) is 9.76. The van der Waals surface area contributed by atoms with Crippen molar-refractivity contribution in [2.75, 3.05) is 32.7 Å². The van der Waals surface area contributed by atoms with E-state index in [0.717, 1.165) is 6.20 Å². The maximum atomic E-state index is 13.9. The van der Waals surface area contributed by atoms with Gasteiger partial charge in [0.2, 0.25) is 5.95 Å². The van der Waals surface area contributed by atoms with E-state index in [-0.39, 0.29) is 5.69 Å². The number of benzene rings is 1. The number of aromatic nitrogens is 2. The van der Waals surface area contributed by atoms with E-state index in [2.05, 4.69) is 15.3 Å². The van der Waals surface area contributed by atoms with Gasteiger partial charge >= 0.3 is 0 Å². The standard InChI is InChI=1S/C14H16FN3O2/c1-16-14-17-9-11(15)13(18-14)10-5-3-4-6-12(10)20-8-7-19-2/h3-6,9H,7-8H2,1-2H3,(H,16,17,18). The number of hydrogen-bond acceptors (Lipinski definition) is 5. The van der Waals surface area contributed by atoms with E-state index in [1.54, 1.807) is 32.4 Å². The molecule has 1 heterocycles. The summed E-state index contributed by atoms with van der Waals surface area (Å²) in [5.41, 5.74) is 0.789. The van der Waals surface area contributed by atoms with Crippen molar-refractivity contribution in [2.45, 2.75) is 0 Å². The van der Waals surface area contributed by atoms with Crippen molar-refractivity contribution >= 4 is 5.95 Å². The third-order valence-electron chi connectivity index (χ3n) is 2.65. The van der Waals surface area contributed by atoms with Crippen LogP contribution in [-0.2, 0) is 4.74 Å². The third-order valence-corrected chi connectivity index (χ3v) is 2.65. The molecule has 0 aliphatic rings. The van der Waals surface area contributed by atoms with E-state index in [0.29, 0.717) is 30.5 Å². The Morgan fingerprint density at radius 1 is 1.25 bits per heavy atom. The summed E-state index contributed by atoms with van der Waals surface area (Å²) in [5, 5.41) is 2.79. The molecule has 5 nitrogen and oxygen atoms in total. The molecule has 0 aliphatic carbocycles. The summed E-state index contributed by atoms with van der Waals surface area (Å²) in [4.78, 5) is 7.97. The SMILES string of the molecule is CNc1ncc(F)c(-c2ccccc2OCCOC)n1. The lowest BCUT2D eigenvalue weighted by Crippen LogP contribution is -2.06. The number of ether oxygens (including phenoxy) is 2. The van der Waals surface area contributed by atoms with Crippen LogP contribution in [-0.4, -0.2) is 37.3 Å². The Bertz CT molecular complexity index is 578. The molecule has 0 fully saturated rings. The lowest BCUT2D eigenvalue weighted by Gasteiger charge is -2.11. The second-order valence-electron chi connectivity index (χ2n) is 3.98. The average Bonchev–Trinajstić information content (AvgIpc) is 2.49. The molecule has 0 atom stereocenters. The van der Waals surface area contributed by atoms with E-state index >= 15 is 0 Å². The first-order valence-electron chi connectivity index (χ1n) is 6.17. The van der Waals surface area contributed by atoms with E-state index in [1.807, 2.05) is 6.07 Å². The van der Waals surface area contributed by atoms with Crippen LogP contribution in [0.1, 0.15) is 0 Å². The molecule has 6 heteroatoms. The van der Waals surface area contributed by atoms with Gasteiger partial charge in [-0.15, -0.1) is 0 Å². The number of nitrogens with zero attached hydrogens (tertiary/aromatic N) is 2. The van der Waals surface area contributed by atoms with Gasteiger partial charge in [-0.3, -0.25) is 0 Å². The van der Waals surface area contributed by atoms with E-state index in [4.69, 9.17) is 9.47 Å². The van der Waals surface area contributed by atoms with Crippen LogP contribution in [0.4, 0.5) is 10.3 Å². The topological polar surface area (TPSA) is 56.3 Å². The second-order valence-corrected chi connectivity index (χ2v) is 3.98. The molecule has 0 unspecified atom stereocenters. The van der Waals surface area contributed by atoms with Crippen molar-refractivity contribution in [1.29, 1.82) is 0 Å². The first kappa shape index (κ1) is 14.2. The monoisotopic (exact) mass is 277 g/mol. The molecule has 0 saturated heterocycles. The summed E-state index contributed by atoms with van der Waals surface area (Å²) in [6, 6.07) is 7.15. The van der Waals surface area contributed by atoms with E-state index in [9.17, 15) is 4.39 Å². The molecule has 1 aromatic carbocycles. The molecule has 0 radical (unpaired) electrons. The van der Waals surface area contributed by atoms with Gasteiger partial charge in [0.1, 0.15) is 18.1 Å². The minimum Gasteiger partial charge on any atom is -0.490 e. The highest BCUT2D eigenvalue weighted by molar-refractivity contribution is 5.68. The maximum Gasteiger partial charge on any atom is 0.223 e. The zero-order valence-corrected chi connectivity index (χ0v) is 11.4. The van der Waals surface area contributed by atoms with E-state index < -0.39 is 5.82 Å². The average molecular weight is 277 g/mol. The van der Waals surface area contributed by atoms with Gasteiger partial charge in [0.05, 0.1) is 12.8 Å². The fourth-order valence-electron chi connectivity index (χ4n) is 1.70. The summed E-state index contributed by atoms with van der Waals surface area (Å²) in [5.74, 6) is 0.420. The quantitative estimate of drug-likeness (QED) is 0.821. The Hall–Kier alpha value is -2.21. The van der Waals surface area contributed by atoms with Crippen molar-refractivity contribution in [3.8, 4) is 17.0 Å². The van der Waals surface area contributed by atoms with Gasteiger partial charge in [-0.25, -0.2) is 14.4 Å². The molecule has 106 valence electrons. The zero-order chi connectivity index (χ0) is 14.4. The number of anilines is 1. The van der Waals surface area contributed by atoms with Crippen LogP contribution in [0.2, 0.25) is 0 Å². The summed E-state index contributed by atoms with van der Waals surface area (Å²) in [6.45, 7) is 0.849. The predicted molar refractivity (Wildman–Crippen MR) is 74.3 cm³/mol. The summed E-state index contributed by atoms with van der Waals surface area (Å²) in [6.07, 6.45) is 1.14. The van der Waals surface area contributed by atoms with Gasteiger partial charge in [0.15, 0.2) is 5.82 Å². The summed E-state index contributed by atoms with van der Waals surface area (Å²) >= 11 is 0. The molecule has 0 saturated carbocycles. The first-order valence-corrected chi connectivity index (χ1v) is 6.17.